The van der Waals surface area contributed by atoms with E-state index in [4.69, 9.17) is 12.2 Å². The highest BCUT2D eigenvalue weighted by molar-refractivity contribution is 7.73. The van der Waals surface area contributed by atoms with E-state index in [9.17, 15) is 0 Å². The molecule has 0 amide bonds. The molecule has 2 heterocycles. The fourth-order valence-electron chi connectivity index (χ4n) is 0.864. The molecule has 0 unspecified atom stereocenters. The Kier molecular flexibility index (Phi) is 1.97. The third-order valence-corrected chi connectivity index (χ3v) is 2.42. The summed E-state index contributed by atoms with van der Waals surface area (Å²) in [6.45, 7) is 0. The van der Waals surface area contributed by atoms with Crippen LogP contribution in [0.5, 0.6) is 0 Å². The SMILES string of the molecule is S=c1scnn1-c1cccnc1. The Morgan fingerprint density at radius 3 is 3.00 bits per heavy atom. The van der Waals surface area contributed by atoms with Crippen molar-refractivity contribution in [3.63, 3.8) is 0 Å². The van der Waals surface area contributed by atoms with Gasteiger partial charge in [-0.1, -0.05) is 11.3 Å². The molecule has 2 rings (SSSR count). The Morgan fingerprint density at radius 2 is 2.42 bits per heavy atom. The fourth-order valence-corrected chi connectivity index (χ4v) is 1.63. The van der Waals surface area contributed by atoms with Gasteiger partial charge in [-0.2, -0.15) is 5.10 Å². The number of nitrogens with zero attached hydrogens (tertiary/aromatic N) is 3. The Balaban J connectivity index is 2.59. The van der Waals surface area contributed by atoms with Crippen LogP contribution in [0.3, 0.4) is 0 Å². The first-order valence-corrected chi connectivity index (χ1v) is 4.60. The van der Waals surface area contributed by atoms with Crippen molar-refractivity contribution in [2.24, 2.45) is 0 Å². The molecule has 2 aromatic rings. The molecular weight excluding hydrogens is 190 g/mol. The van der Waals surface area contributed by atoms with Gasteiger partial charge in [0.15, 0.2) is 3.95 Å². The quantitative estimate of drug-likeness (QED) is 0.652. The Hall–Kier alpha value is -1.07. The fraction of sp³-hybridized carbons (Fsp3) is 0. The lowest BCUT2D eigenvalue weighted by Crippen LogP contribution is -1.95. The topological polar surface area (TPSA) is 30.7 Å². The molecule has 0 atom stereocenters. The largest absolute Gasteiger partial charge is 0.262 e. The molecule has 5 heteroatoms. The van der Waals surface area contributed by atoms with Crippen molar-refractivity contribution in [2.45, 2.75) is 0 Å². The molecule has 0 aromatic carbocycles. The second-order valence-corrected chi connectivity index (χ2v) is 3.61. The minimum Gasteiger partial charge on any atom is -0.262 e. The van der Waals surface area contributed by atoms with Crippen molar-refractivity contribution in [3.8, 4) is 5.69 Å². The predicted molar refractivity (Wildman–Crippen MR) is 50.1 cm³/mol. The van der Waals surface area contributed by atoms with Gasteiger partial charge in [0.05, 0.1) is 11.9 Å². The van der Waals surface area contributed by atoms with Gasteiger partial charge in [-0.3, -0.25) is 4.98 Å². The van der Waals surface area contributed by atoms with Crippen LogP contribution in [0.1, 0.15) is 0 Å². The van der Waals surface area contributed by atoms with Crippen LogP contribution in [0, 0.1) is 3.95 Å². The first kappa shape index (κ1) is 7.57. The number of rotatable bonds is 1. The normalized spacial score (nSPS) is 10.0. The molecule has 12 heavy (non-hydrogen) atoms. The van der Waals surface area contributed by atoms with Crippen LogP contribution in [-0.2, 0) is 0 Å². The molecule has 0 bridgehead atoms. The summed E-state index contributed by atoms with van der Waals surface area (Å²) in [5.74, 6) is 0. The van der Waals surface area contributed by atoms with Crippen LogP contribution in [0.25, 0.3) is 5.69 Å². The first-order chi connectivity index (χ1) is 5.88. The molecule has 0 aliphatic carbocycles. The van der Waals surface area contributed by atoms with E-state index >= 15 is 0 Å². The first-order valence-electron chi connectivity index (χ1n) is 3.31. The van der Waals surface area contributed by atoms with Crippen molar-refractivity contribution in [1.29, 1.82) is 0 Å². The van der Waals surface area contributed by atoms with Crippen molar-refractivity contribution >= 4 is 23.6 Å². The minimum absolute atomic E-state index is 0.739. The summed E-state index contributed by atoms with van der Waals surface area (Å²) in [6, 6.07) is 3.78. The van der Waals surface area contributed by atoms with Crippen molar-refractivity contribution in [1.82, 2.24) is 14.8 Å². The zero-order valence-electron chi connectivity index (χ0n) is 6.04. The molecule has 0 spiro atoms. The standard InChI is InChI=1S/C7H5N3S2/c11-7-10(9-5-12-7)6-2-1-3-8-4-6/h1-5H. The Morgan fingerprint density at radius 1 is 1.50 bits per heavy atom. The van der Waals surface area contributed by atoms with E-state index in [1.54, 1.807) is 22.6 Å². The monoisotopic (exact) mass is 195 g/mol. The zero-order valence-corrected chi connectivity index (χ0v) is 7.68. The van der Waals surface area contributed by atoms with Crippen molar-refractivity contribution < 1.29 is 0 Å². The molecular formula is C7H5N3S2. The highest BCUT2D eigenvalue weighted by atomic mass is 32.1. The summed E-state index contributed by atoms with van der Waals surface area (Å²) in [7, 11) is 0. The maximum atomic E-state index is 5.06. The second kappa shape index (κ2) is 3.12. The summed E-state index contributed by atoms with van der Waals surface area (Å²) < 4.78 is 2.43. The zero-order chi connectivity index (χ0) is 8.39. The molecule has 60 valence electrons. The van der Waals surface area contributed by atoms with Gasteiger partial charge in [-0.05, 0) is 24.4 Å². The molecule has 2 aromatic heterocycles. The van der Waals surface area contributed by atoms with Crippen LogP contribution in [0.15, 0.2) is 30.0 Å². The predicted octanol–water partition coefficient (Wildman–Crippen LogP) is 2.06. The van der Waals surface area contributed by atoms with Gasteiger partial charge >= 0.3 is 0 Å². The van der Waals surface area contributed by atoms with Crippen LogP contribution in [-0.4, -0.2) is 14.8 Å². The summed E-state index contributed by atoms with van der Waals surface area (Å²) in [6.07, 6.45) is 3.45. The van der Waals surface area contributed by atoms with Gasteiger partial charge in [0.1, 0.15) is 5.51 Å². The summed E-state index contributed by atoms with van der Waals surface area (Å²) >= 11 is 6.50. The molecule has 0 aliphatic heterocycles. The van der Waals surface area contributed by atoms with Gasteiger partial charge in [0.2, 0.25) is 0 Å². The lowest BCUT2D eigenvalue weighted by molar-refractivity contribution is 0.864. The molecule has 0 radical (unpaired) electrons. The minimum atomic E-state index is 0.739. The number of pyridine rings is 1. The molecule has 0 fully saturated rings. The number of hydrogen-bond acceptors (Lipinski definition) is 4. The maximum Gasteiger partial charge on any atom is 0.183 e. The van der Waals surface area contributed by atoms with Gasteiger partial charge in [-0.15, -0.1) is 0 Å². The number of hydrogen-bond donors (Lipinski definition) is 0. The van der Waals surface area contributed by atoms with E-state index in [1.165, 1.54) is 11.3 Å². The van der Waals surface area contributed by atoms with Gasteiger partial charge in [0.25, 0.3) is 0 Å². The van der Waals surface area contributed by atoms with E-state index in [1.807, 2.05) is 12.1 Å². The van der Waals surface area contributed by atoms with E-state index in [-0.39, 0.29) is 0 Å². The van der Waals surface area contributed by atoms with Crippen LogP contribution in [0.4, 0.5) is 0 Å². The average Bonchev–Trinajstić information content (AvgIpc) is 2.53. The van der Waals surface area contributed by atoms with E-state index in [0.29, 0.717) is 0 Å². The lowest BCUT2D eigenvalue weighted by atomic mass is 10.4. The van der Waals surface area contributed by atoms with Crippen molar-refractivity contribution in [2.75, 3.05) is 0 Å². The Labute approximate surface area is 78.3 Å². The third kappa shape index (κ3) is 1.28. The maximum absolute atomic E-state index is 5.06. The molecule has 0 saturated carbocycles. The van der Waals surface area contributed by atoms with Crippen molar-refractivity contribution in [3.05, 3.63) is 34.0 Å². The summed E-state index contributed by atoms with van der Waals surface area (Å²) in [5.41, 5.74) is 2.62. The second-order valence-electron chi connectivity index (χ2n) is 2.13. The third-order valence-electron chi connectivity index (χ3n) is 1.38. The van der Waals surface area contributed by atoms with Crippen LogP contribution in [0.2, 0.25) is 0 Å². The van der Waals surface area contributed by atoms with Gasteiger partial charge in [-0.25, -0.2) is 4.68 Å². The van der Waals surface area contributed by atoms with Gasteiger partial charge in [0, 0.05) is 6.20 Å². The van der Waals surface area contributed by atoms with E-state index in [2.05, 4.69) is 10.1 Å². The summed E-state index contributed by atoms with van der Waals surface area (Å²) in [4.78, 5) is 3.98. The molecule has 3 nitrogen and oxygen atoms in total. The van der Waals surface area contributed by atoms with Gasteiger partial charge < -0.3 is 0 Å². The van der Waals surface area contributed by atoms with Crippen LogP contribution >= 0.6 is 23.6 Å². The smallest absolute Gasteiger partial charge is 0.183 e. The average molecular weight is 195 g/mol. The summed E-state index contributed by atoms with van der Waals surface area (Å²) in [5, 5.41) is 4.08. The lowest BCUT2D eigenvalue weighted by Gasteiger charge is -1.96. The Bertz CT molecular complexity index is 417. The molecule has 0 saturated heterocycles. The highest BCUT2D eigenvalue weighted by Crippen LogP contribution is 2.07. The molecule has 0 aliphatic rings. The highest BCUT2D eigenvalue weighted by Gasteiger charge is 1.96. The molecule has 0 N–H and O–H groups in total. The number of aromatic nitrogens is 3. The van der Waals surface area contributed by atoms with Crippen LogP contribution < -0.4 is 0 Å². The van der Waals surface area contributed by atoms with E-state index < -0.39 is 0 Å². The van der Waals surface area contributed by atoms with E-state index in [0.717, 1.165) is 9.64 Å².